The van der Waals surface area contributed by atoms with E-state index in [4.69, 9.17) is 9.47 Å². The monoisotopic (exact) mass is 235 g/mol. The maximum atomic E-state index is 5.94. The van der Waals surface area contributed by atoms with Crippen molar-refractivity contribution >= 4 is 0 Å². The molecular formula is C15H23O2. The van der Waals surface area contributed by atoms with E-state index in [0.717, 1.165) is 17.1 Å². The van der Waals surface area contributed by atoms with Crippen LogP contribution in [-0.2, 0) is 0 Å². The average molecular weight is 235 g/mol. The molecule has 0 bridgehead atoms. The Hall–Kier alpha value is -1.18. The Morgan fingerprint density at radius 3 is 2.29 bits per heavy atom. The third-order valence-corrected chi connectivity index (χ3v) is 2.22. The molecule has 0 aliphatic heterocycles. The minimum atomic E-state index is -0.216. The lowest BCUT2D eigenvalue weighted by Crippen LogP contribution is -2.23. The maximum absolute atomic E-state index is 5.94. The Morgan fingerprint density at radius 1 is 1.18 bits per heavy atom. The lowest BCUT2D eigenvalue weighted by Gasteiger charge is -2.24. The van der Waals surface area contributed by atoms with Crippen LogP contribution < -0.4 is 9.47 Å². The summed E-state index contributed by atoms with van der Waals surface area (Å²) in [5.41, 5.74) is 0.903. The van der Waals surface area contributed by atoms with Crippen LogP contribution in [0.3, 0.4) is 0 Å². The van der Waals surface area contributed by atoms with Crippen LogP contribution in [0.2, 0.25) is 0 Å². The molecule has 0 amide bonds. The molecule has 17 heavy (non-hydrogen) atoms. The summed E-state index contributed by atoms with van der Waals surface area (Å²) in [5, 5.41) is 0. The van der Waals surface area contributed by atoms with E-state index >= 15 is 0 Å². The average Bonchev–Trinajstić information content (AvgIpc) is 2.18. The van der Waals surface area contributed by atoms with E-state index < -0.39 is 0 Å². The van der Waals surface area contributed by atoms with Crippen molar-refractivity contribution in [1.82, 2.24) is 0 Å². The lowest BCUT2D eigenvalue weighted by atomic mass is 10.0. The van der Waals surface area contributed by atoms with Crippen LogP contribution in [0.25, 0.3) is 0 Å². The summed E-state index contributed by atoms with van der Waals surface area (Å²) < 4.78 is 11.7. The number of rotatable bonds is 4. The SMILES string of the molecule is CCOc1c(OC(C)(C)C)cccc1[C](C)C. The predicted molar refractivity (Wildman–Crippen MR) is 71.7 cm³/mol. The Kier molecular flexibility index (Phi) is 4.44. The third kappa shape index (κ3) is 3.95. The first-order chi connectivity index (χ1) is 7.85. The first kappa shape index (κ1) is 13.9. The van der Waals surface area contributed by atoms with Gasteiger partial charge in [0, 0.05) is 11.5 Å². The highest BCUT2D eigenvalue weighted by atomic mass is 16.5. The predicted octanol–water partition coefficient (Wildman–Crippen LogP) is 4.22. The molecule has 2 nitrogen and oxygen atoms in total. The molecule has 95 valence electrons. The van der Waals surface area contributed by atoms with Crippen molar-refractivity contribution in [3.63, 3.8) is 0 Å². The van der Waals surface area contributed by atoms with Gasteiger partial charge in [0.05, 0.1) is 6.61 Å². The highest BCUT2D eigenvalue weighted by Gasteiger charge is 2.18. The molecule has 0 fully saturated rings. The van der Waals surface area contributed by atoms with Gasteiger partial charge in [0.15, 0.2) is 11.5 Å². The molecule has 0 saturated heterocycles. The van der Waals surface area contributed by atoms with Gasteiger partial charge in [-0.1, -0.05) is 26.0 Å². The van der Waals surface area contributed by atoms with Crippen molar-refractivity contribution in [2.24, 2.45) is 0 Å². The Bertz CT molecular complexity index is 362. The van der Waals surface area contributed by atoms with Gasteiger partial charge in [0.1, 0.15) is 5.60 Å². The van der Waals surface area contributed by atoms with Gasteiger partial charge in [-0.2, -0.15) is 0 Å². The van der Waals surface area contributed by atoms with Gasteiger partial charge >= 0.3 is 0 Å². The summed E-state index contributed by atoms with van der Waals surface area (Å²) in [6.07, 6.45) is 0. The number of para-hydroxylation sites is 1. The molecule has 0 heterocycles. The summed E-state index contributed by atoms with van der Waals surface area (Å²) in [4.78, 5) is 0. The Balaban J connectivity index is 3.15. The van der Waals surface area contributed by atoms with Crippen LogP contribution in [0.15, 0.2) is 18.2 Å². The maximum Gasteiger partial charge on any atom is 0.164 e. The van der Waals surface area contributed by atoms with Crippen LogP contribution in [0.5, 0.6) is 11.5 Å². The number of benzene rings is 1. The number of hydrogen-bond acceptors (Lipinski definition) is 2. The van der Waals surface area contributed by atoms with Crippen molar-refractivity contribution in [2.75, 3.05) is 6.61 Å². The van der Waals surface area contributed by atoms with E-state index in [1.807, 2.05) is 39.8 Å². The highest BCUT2D eigenvalue weighted by molar-refractivity contribution is 5.52. The smallest absolute Gasteiger partial charge is 0.164 e. The summed E-state index contributed by atoms with van der Waals surface area (Å²) in [7, 11) is 0. The summed E-state index contributed by atoms with van der Waals surface area (Å²) >= 11 is 0. The summed E-state index contributed by atoms with van der Waals surface area (Å²) in [6.45, 7) is 12.9. The van der Waals surface area contributed by atoms with Crippen molar-refractivity contribution < 1.29 is 9.47 Å². The molecule has 0 saturated carbocycles. The normalized spacial score (nSPS) is 11.7. The van der Waals surface area contributed by atoms with E-state index in [1.165, 1.54) is 5.92 Å². The van der Waals surface area contributed by atoms with Gasteiger partial charge in [-0.3, -0.25) is 0 Å². The number of hydrogen-bond donors (Lipinski definition) is 0. The molecule has 0 atom stereocenters. The second kappa shape index (κ2) is 5.44. The largest absolute Gasteiger partial charge is 0.490 e. The van der Waals surface area contributed by atoms with Crippen LogP contribution in [0.4, 0.5) is 0 Å². The van der Waals surface area contributed by atoms with Crippen LogP contribution in [0, 0.1) is 5.92 Å². The molecule has 1 aromatic carbocycles. The molecule has 0 aliphatic rings. The zero-order chi connectivity index (χ0) is 13.1. The van der Waals surface area contributed by atoms with Crippen molar-refractivity contribution in [3.8, 4) is 11.5 Å². The molecule has 0 aromatic heterocycles. The van der Waals surface area contributed by atoms with Gasteiger partial charge in [-0.15, -0.1) is 0 Å². The Labute approximate surface area is 105 Å². The van der Waals surface area contributed by atoms with Crippen molar-refractivity contribution in [3.05, 3.63) is 29.7 Å². The second-order valence-corrected chi connectivity index (χ2v) is 5.28. The van der Waals surface area contributed by atoms with Gasteiger partial charge in [-0.25, -0.2) is 0 Å². The van der Waals surface area contributed by atoms with E-state index in [-0.39, 0.29) is 5.60 Å². The lowest BCUT2D eigenvalue weighted by molar-refractivity contribution is 0.124. The topological polar surface area (TPSA) is 18.5 Å². The van der Waals surface area contributed by atoms with E-state index in [2.05, 4.69) is 19.9 Å². The van der Waals surface area contributed by atoms with Gasteiger partial charge in [-0.05, 0) is 33.8 Å². The van der Waals surface area contributed by atoms with E-state index in [1.54, 1.807) is 0 Å². The quantitative estimate of drug-likeness (QED) is 0.777. The fraction of sp³-hybridized carbons (Fsp3) is 0.533. The molecule has 0 unspecified atom stereocenters. The number of ether oxygens (including phenoxy) is 2. The molecule has 1 rings (SSSR count). The van der Waals surface area contributed by atoms with Crippen molar-refractivity contribution in [2.45, 2.75) is 47.1 Å². The van der Waals surface area contributed by atoms with E-state index in [0.29, 0.717) is 6.61 Å². The first-order valence-corrected chi connectivity index (χ1v) is 6.10. The summed E-state index contributed by atoms with van der Waals surface area (Å²) in [6, 6.07) is 6.03. The Morgan fingerprint density at radius 2 is 1.82 bits per heavy atom. The van der Waals surface area contributed by atoms with Gasteiger partial charge < -0.3 is 9.47 Å². The zero-order valence-electron chi connectivity index (χ0n) is 11.8. The molecule has 0 spiro atoms. The third-order valence-electron chi connectivity index (χ3n) is 2.22. The van der Waals surface area contributed by atoms with Crippen LogP contribution in [-0.4, -0.2) is 12.2 Å². The molecule has 1 aromatic rings. The summed E-state index contributed by atoms with van der Waals surface area (Å²) in [5.74, 6) is 2.90. The van der Waals surface area contributed by atoms with Crippen molar-refractivity contribution in [1.29, 1.82) is 0 Å². The fourth-order valence-corrected chi connectivity index (χ4v) is 1.61. The zero-order valence-corrected chi connectivity index (χ0v) is 11.8. The van der Waals surface area contributed by atoms with Crippen LogP contribution >= 0.6 is 0 Å². The molecular weight excluding hydrogens is 212 g/mol. The fourth-order valence-electron chi connectivity index (χ4n) is 1.61. The molecule has 2 heteroatoms. The molecule has 1 radical (unpaired) electrons. The second-order valence-electron chi connectivity index (χ2n) is 5.28. The van der Waals surface area contributed by atoms with Gasteiger partial charge in [0.2, 0.25) is 0 Å². The minimum Gasteiger partial charge on any atom is -0.490 e. The first-order valence-electron chi connectivity index (χ1n) is 6.10. The molecule has 0 N–H and O–H groups in total. The standard InChI is InChI=1S/C15H23O2/c1-7-16-14-12(11(2)3)9-8-10-13(14)17-15(4,5)6/h8-10H,7H2,1-6H3. The van der Waals surface area contributed by atoms with E-state index in [9.17, 15) is 0 Å². The minimum absolute atomic E-state index is 0.216. The highest BCUT2D eigenvalue weighted by Crippen LogP contribution is 2.37. The van der Waals surface area contributed by atoms with Crippen LogP contribution in [0.1, 0.15) is 47.1 Å². The molecule has 0 aliphatic carbocycles. The van der Waals surface area contributed by atoms with Gasteiger partial charge in [0.25, 0.3) is 0 Å².